The maximum atomic E-state index is 12.1. The van der Waals surface area contributed by atoms with E-state index < -0.39 is 5.97 Å². The highest BCUT2D eigenvalue weighted by Crippen LogP contribution is 2.15. The van der Waals surface area contributed by atoms with Crippen LogP contribution >= 0.6 is 0 Å². The van der Waals surface area contributed by atoms with Crippen molar-refractivity contribution >= 4 is 11.8 Å². The van der Waals surface area contributed by atoms with Crippen molar-refractivity contribution in [1.29, 1.82) is 0 Å². The molecule has 0 saturated carbocycles. The van der Waals surface area contributed by atoms with Crippen LogP contribution in [0.4, 0.5) is 0 Å². The van der Waals surface area contributed by atoms with Gasteiger partial charge in [0.25, 0.3) is 0 Å². The molecule has 0 aromatic heterocycles. The van der Waals surface area contributed by atoms with Gasteiger partial charge in [-0.15, -0.1) is 0 Å². The summed E-state index contributed by atoms with van der Waals surface area (Å²) in [4.78, 5) is 22.4. The van der Waals surface area contributed by atoms with Crippen LogP contribution < -0.4 is 4.74 Å². The lowest BCUT2D eigenvalue weighted by Crippen LogP contribution is -2.00. The molecular formula is C19H28O4. The van der Waals surface area contributed by atoms with Gasteiger partial charge in [-0.05, 0) is 43.5 Å². The number of carboxylic acid groups (broad SMARTS) is 1. The Morgan fingerprint density at radius 2 is 1.57 bits per heavy atom. The van der Waals surface area contributed by atoms with Gasteiger partial charge in [0.2, 0.25) is 0 Å². The molecule has 0 saturated heterocycles. The summed E-state index contributed by atoms with van der Waals surface area (Å²) < 4.78 is 5.63. The summed E-state index contributed by atoms with van der Waals surface area (Å²) in [5.41, 5.74) is 0.719. The van der Waals surface area contributed by atoms with Crippen LogP contribution in [-0.4, -0.2) is 23.5 Å². The largest absolute Gasteiger partial charge is 0.494 e. The molecule has 0 aliphatic heterocycles. The Labute approximate surface area is 138 Å². The maximum absolute atomic E-state index is 12.1. The molecule has 23 heavy (non-hydrogen) atoms. The average Bonchev–Trinajstić information content (AvgIpc) is 2.55. The van der Waals surface area contributed by atoms with Crippen molar-refractivity contribution in [2.75, 3.05) is 6.61 Å². The number of Topliss-reactive ketones (excluding diaryl/α,β-unsaturated/α-hetero) is 1. The molecule has 0 aliphatic carbocycles. The highest BCUT2D eigenvalue weighted by atomic mass is 16.5. The molecule has 0 atom stereocenters. The van der Waals surface area contributed by atoms with E-state index in [-0.39, 0.29) is 12.2 Å². The second-order valence-electron chi connectivity index (χ2n) is 5.81. The molecular weight excluding hydrogens is 292 g/mol. The summed E-state index contributed by atoms with van der Waals surface area (Å²) in [5.74, 6) is 0.199. The number of carboxylic acids is 1. The topological polar surface area (TPSA) is 63.6 Å². The monoisotopic (exact) mass is 320 g/mol. The van der Waals surface area contributed by atoms with Crippen molar-refractivity contribution in [3.05, 3.63) is 29.8 Å². The Balaban J connectivity index is 2.21. The van der Waals surface area contributed by atoms with E-state index in [2.05, 4.69) is 6.92 Å². The van der Waals surface area contributed by atoms with Crippen LogP contribution in [0.15, 0.2) is 24.3 Å². The van der Waals surface area contributed by atoms with E-state index in [9.17, 15) is 9.59 Å². The zero-order chi connectivity index (χ0) is 16.9. The summed E-state index contributed by atoms with van der Waals surface area (Å²) >= 11 is 0. The van der Waals surface area contributed by atoms with Crippen LogP contribution in [-0.2, 0) is 4.79 Å². The van der Waals surface area contributed by atoms with Crippen molar-refractivity contribution in [2.24, 2.45) is 0 Å². The normalized spacial score (nSPS) is 10.5. The minimum Gasteiger partial charge on any atom is -0.494 e. The van der Waals surface area contributed by atoms with E-state index in [4.69, 9.17) is 9.84 Å². The lowest BCUT2D eigenvalue weighted by molar-refractivity contribution is -0.137. The van der Waals surface area contributed by atoms with Gasteiger partial charge in [0, 0.05) is 18.4 Å². The van der Waals surface area contributed by atoms with Crippen LogP contribution in [0, 0.1) is 0 Å². The Morgan fingerprint density at radius 1 is 0.913 bits per heavy atom. The fourth-order valence-corrected chi connectivity index (χ4v) is 2.34. The van der Waals surface area contributed by atoms with Crippen LogP contribution in [0.2, 0.25) is 0 Å². The van der Waals surface area contributed by atoms with E-state index in [1.165, 1.54) is 12.8 Å². The summed E-state index contributed by atoms with van der Waals surface area (Å²) in [5, 5.41) is 8.55. The number of ketones is 1. The number of ether oxygens (including phenoxy) is 1. The molecule has 0 radical (unpaired) electrons. The second-order valence-corrected chi connectivity index (χ2v) is 5.81. The molecule has 0 heterocycles. The molecule has 0 spiro atoms. The van der Waals surface area contributed by atoms with Gasteiger partial charge in [-0.1, -0.05) is 32.6 Å². The van der Waals surface area contributed by atoms with Gasteiger partial charge in [-0.25, -0.2) is 0 Å². The maximum Gasteiger partial charge on any atom is 0.303 e. The quantitative estimate of drug-likeness (QED) is 0.416. The molecule has 4 heteroatoms. The Kier molecular flexibility index (Phi) is 9.76. The summed E-state index contributed by atoms with van der Waals surface area (Å²) in [6, 6.07) is 7.35. The van der Waals surface area contributed by atoms with Crippen molar-refractivity contribution in [2.45, 2.75) is 64.7 Å². The minimum atomic E-state index is -0.752. The molecule has 1 aromatic carbocycles. The Morgan fingerprint density at radius 3 is 2.17 bits per heavy atom. The standard InChI is InChI=1S/C19H28O4/c1-2-3-8-15-23-17-13-11-16(12-14-17)18(20)9-6-4-5-7-10-19(21)22/h11-14H,2-10,15H2,1H3,(H,21,22). The van der Waals surface area contributed by atoms with E-state index in [0.29, 0.717) is 12.8 Å². The minimum absolute atomic E-state index is 0.140. The number of rotatable bonds is 13. The number of hydrogen-bond donors (Lipinski definition) is 1. The smallest absolute Gasteiger partial charge is 0.303 e. The predicted molar refractivity (Wildman–Crippen MR) is 91.1 cm³/mol. The number of hydrogen-bond acceptors (Lipinski definition) is 3. The van der Waals surface area contributed by atoms with Gasteiger partial charge in [-0.3, -0.25) is 9.59 Å². The fourth-order valence-electron chi connectivity index (χ4n) is 2.34. The van der Waals surface area contributed by atoms with Crippen molar-refractivity contribution < 1.29 is 19.4 Å². The van der Waals surface area contributed by atoms with Gasteiger partial charge in [0.05, 0.1) is 6.61 Å². The van der Waals surface area contributed by atoms with Crippen molar-refractivity contribution in [3.63, 3.8) is 0 Å². The SMILES string of the molecule is CCCCCOc1ccc(C(=O)CCCCCCC(=O)O)cc1. The molecule has 1 rings (SSSR count). The van der Waals surface area contributed by atoms with Crippen molar-refractivity contribution in [3.8, 4) is 5.75 Å². The lowest BCUT2D eigenvalue weighted by atomic mass is 10.0. The molecule has 0 amide bonds. The molecule has 128 valence electrons. The van der Waals surface area contributed by atoms with Crippen molar-refractivity contribution in [1.82, 2.24) is 0 Å². The van der Waals surface area contributed by atoms with Crippen LogP contribution in [0.5, 0.6) is 5.75 Å². The predicted octanol–water partition coefficient (Wildman–Crippen LogP) is 4.86. The van der Waals surface area contributed by atoms with E-state index >= 15 is 0 Å². The molecule has 1 aromatic rings. The number of aliphatic carboxylic acids is 1. The molecule has 1 N–H and O–H groups in total. The second kappa shape index (κ2) is 11.7. The van der Waals surface area contributed by atoms with Crippen LogP contribution in [0.3, 0.4) is 0 Å². The first-order chi connectivity index (χ1) is 11.1. The van der Waals surface area contributed by atoms with Gasteiger partial charge in [0.15, 0.2) is 5.78 Å². The third-order valence-electron chi connectivity index (χ3n) is 3.74. The molecule has 0 fully saturated rings. The molecule has 0 aliphatic rings. The van der Waals surface area contributed by atoms with E-state index in [1.54, 1.807) is 0 Å². The number of carbonyl (C=O) groups is 2. The highest BCUT2D eigenvalue weighted by molar-refractivity contribution is 5.96. The Bertz CT molecular complexity index is 465. The van der Waals surface area contributed by atoms with E-state index in [1.807, 2.05) is 24.3 Å². The lowest BCUT2D eigenvalue weighted by Gasteiger charge is -2.06. The third kappa shape index (κ3) is 9.01. The number of carbonyl (C=O) groups excluding carboxylic acids is 1. The zero-order valence-electron chi connectivity index (χ0n) is 14.1. The van der Waals surface area contributed by atoms with Crippen LogP contribution in [0.1, 0.15) is 75.1 Å². The first kappa shape index (κ1) is 19.2. The first-order valence-corrected chi connectivity index (χ1v) is 8.61. The van der Waals surface area contributed by atoms with Gasteiger partial charge in [-0.2, -0.15) is 0 Å². The molecule has 4 nitrogen and oxygen atoms in total. The fraction of sp³-hybridized carbons (Fsp3) is 0.579. The highest BCUT2D eigenvalue weighted by Gasteiger charge is 2.06. The first-order valence-electron chi connectivity index (χ1n) is 8.61. The van der Waals surface area contributed by atoms with E-state index in [0.717, 1.165) is 43.6 Å². The number of unbranched alkanes of at least 4 members (excludes halogenated alkanes) is 5. The van der Waals surface area contributed by atoms with Gasteiger partial charge < -0.3 is 9.84 Å². The molecule has 0 bridgehead atoms. The van der Waals surface area contributed by atoms with Gasteiger partial charge >= 0.3 is 5.97 Å². The molecule has 0 unspecified atom stereocenters. The van der Waals surface area contributed by atoms with Gasteiger partial charge in [0.1, 0.15) is 5.75 Å². The average molecular weight is 320 g/mol. The summed E-state index contributed by atoms with van der Waals surface area (Å²) in [7, 11) is 0. The Hall–Kier alpha value is -1.84. The summed E-state index contributed by atoms with van der Waals surface area (Å²) in [6.45, 7) is 2.88. The number of benzene rings is 1. The summed E-state index contributed by atoms with van der Waals surface area (Å²) in [6.07, 6.45) is 7.40. The zero-order valence-corrected chi connectivity index (χ0v) is 14.1. The third-order valence-corrected chi connectivity index (χ3v) is 3.74. The van der Waals surface area contributed by atoms with Crippen LogP contribution in [0.25, 0.3) is 0 Å².